The molecule has 174 valence electrons. The van der Waals surface area contributed by atoms with E-state index in [1.165, 1.54) is 28.2 Å². The van der Waals surface area contributed by atoms with E-state index in [4.69, 9.17) is 4.52 Å². The highest BCUT2D eigenvalue weighted by Gasteiger charge is 2.29. The first-order valence-electron chi connectivity index (χ1n) is 10.4. The molecule has 0 bridgehead atoms. The van der Waals surface area contributed by atoms with E-state index < -0.39 is 15.8 Å². The zero-order chi connectivity index (χ0) is 23.4. The lowest BCUT2D eigenvalue weighted by Crippen LogP contribution is -2.37. The van der Waals surface area contributed by atoms with Crippen molar-refractivity contribution >= 4 is 27.7 Å². The molecule has 1 fully saturated rings. The third-order valence-corrected chi connectivity index (χ3v) is 8.20. The van der Waals surface area contributed by atoms with Crippen LogP contribution in [0.3, 0.4) is 0 Å². The number of nitrogens with zero attached hydrogens (tertiary/aromatic N) is 4. The van der Waals surface area contributed by atoms with Crippen LogP contribution >= 0.6 is 11.8 Å². The molecule has 2 aromatic carbocycles. The number of amides is 1. The van der Waals surface area contributed by atoms with Crippen molar-refractivity contribution in [1.29, 1.82) is 0 Å². The number of halogens is 1. The van der Waals surface area contributed by atoms with Crippen molar-refractivity contribution in [3.05, 3.63) is 71.6 Å². The SMILES string of the molecule is Cc1noc(CSc2ccccc2C(=O)N2CCCN(S(=O)(=O)c3ccc(F)cc3)CC2)n1. The van der Waals surface area contributed by atoms with Crippen molar-refractivity contribution in [2.75, 3.05) is 26.2 Å². The molecular weight excluding hydrogens is 467 g/mol. The maximum atomic E-state index is 13.3. The van der Waals surface area contributed by atoms with Gasteiger partial charge in [-0.15, -0.1) is 11.8 Å². The summed E-state index contributed by atoms with van der Waals surface area (Å²) in [6.07, 6.45) is 0.503. The van der Waals surface area contributed by atoms with Crippen molar-refractivity contribution in [3.8, 4) is 0 Å². The Bertz CT molecular complexity index is 1230. The number of hydrogen-bond acceptors (Lipinski definition) is 7. The average Bonchev–Trinajstić information content (AvgIpc) is 3.06. The van der Waals surface area contributed by atoms with Gasteiger partial charge in [-0.3, -0.25) is 4.79 Å². The van der Waals surface area contributed by atoms with Crippen LogP contribution in [0.5, 0.6) is 0 Å². The zero-order valence-electron chi connectivity index (χ0n) is 18.0. The minimum Gasteiger partial charge on any atom is -0.338 e. The van der Waals surface area contributed by atoms with E-state index in [1.807, 2.05) is 12.1 Å². The summed E-state index contributed by atoms with van der Waals surface area (Å²) in [7, 11) is -3.76. The lowest BCUT2D eigenvalue weighted by Gasteiger charge is -2.23. The van der Waals surface area contributed by atoms with Gasteiger partial charge in [0.1, 0.15) is 5.82 Å². The first-order valence-corrected chi connectivity index (χ1v) is 12.8. The molecule has 1 amide bonds. The van der Waals surface area contributed by atoms with Crippen LogP contribution in [0.1, 0.15) is 28.5 Å². The van der Waals surface area contributed by atoms with E-state index in [0.29, 0.717) is 36.0 Å². The van der Waals surface area contributed by atoms with Gasteiger partial charge in [0.15, 0.2) is 5.82 Å². The molecule has 33 heavy (non-hydrogen) atoms. The number of rotatable bonds is 6. The third-order valence-electron chi connectivity index (χ3n) is 5.23. The van der Waals surface area contributed by atoms with Crippen LogP contribution in [0.25, 0.3) is 0 Å². The van der Waals surface area contributed by atoms with Crippen LogP contribution in [0.4, 0.5) is 4.39 Å². The summed E-state index contributed by atoms with van der Waals surface area (Å²) >= 11 is 1.43. The summed E-state index contributed by atoms with van der Waals surface area (Å²) in [4.78, 5) is 20.0. The molecule has 0 unspecified atom stereocenters. The highest BCUT2D eigenvalue weighted by Crippen LogP contribution is 2.27. The van der Waals surface area contributed by atoms with E-state index >= 15 is 0 Å². The fraction of sp³-hybridized carbons (Fsp3) is 0.318. The molecule has 8 nitrogen and oxygen atoms in total. The molecule has 1 saturated heterocycles. The van der Waals surface area contributed by atoms with Crippen LogP contribution in [0.15, 0.2) is 62.8 Å². The molecule has 1 aliphatic rings. The Balaban J connectivity index is 1.45. The molecule has 3 aromatic rings. The lowest BCUT2D eigenvalue weighted by atomic mass is 10.2. The van der Waals surface area contributed by atoms with Crippen LogP contribution in [-0.2, 0) is 15.8 Å². The number of hydrogen-bond donors (Lipinski definition) is 0. The Morgan fingerprint density at radius 3 is 2.58 bits per heavy atom. The predicted octanol–water partition coefficient (Wildman–Crippen LogP) is 3.35. The Hall–Kier alpha value is -2.76. The van der Waals surface area contributed by atoms with Gasteiger partial charge in [0.05, 0.1) is 16.2 Å². The van der Waals surface area contributed by atoms with E-state index in [2.05, 4.69) is 10.1 Å². The van der Waals surface area contributed by atoms with Gasteiger partial charge in [-0.2, -0.15) is 9.29 Å². The highest BCUT2D eigenvalue weighted by atomic mass is 32.2. The smallest absolute Gasteiger partial charge is 0.255 e. The summed E-state index contributed by atoms with van der Waals surface area (Å²) in [6.45, 7) is 2.91. The van der Waals surface area contributed by atoms with E-state index in [0.717, 1.165) is 17.0 Å². The van der Waals surface area contributed by atoms with Gasteiger partial charge in [-0.05, 0) is 49.7 Å². The molecule has 4 rings (SSSR count). The summed E-state index contributed by atoms with van der Waals surface area (Å²) in [5.74, 6) is 0.832. The van der Waals surface area contributed by atoms with Crippen molar-refractivity contribution in [2.45, 2.75) is 28.9 Å². The number of sulfonamides is 1. The molecule has 2 heterocycles. The van der Waals surface area contributed by atoms with Gasteiger partial charge in [0.25, 0.3) is 5.91 Å². The second-order valence-corrected chi connectivity index (χ2v) is 10.5. The monoisotopic (exact) mass is 490 g/mol. The third kappa shape index (κ3) is 5.43. The van der Waals surface area contributed by atoms with Crippen LogP contribution < -0.4 is 0 Å². The van der Waals surface area contributed by atoms with Crippen molar-refractivity contribution in [2.24, 2.45) is 0 Å². The molecule has 0 spiro atoms. The number of carbonyl (C=O) groups is 1. The minimum atomic E-state index is -3.76. The second-order valence-electron chi connectivity index (χ2n) is 7.52. The zero-order valence-corrected chi connectivity index (χ0v) is 19.6. The van der Waals surface area contributed by atoms with Gasteiger partial charge < -0.3 is 9.42 Å². The fourth-order valence-corrected chi connectivity index (χ4v) is 5.92. The Kier molecular flexibility index (Phi) is 7.11. The number of aromatic nitrogens is 2. The van der Waals surface area contributed by atoms with Gasteiger partial charge >= 0.3 is 0 Å². The van der Waals surface area contributed by atoms with E-state index in [1.54, 1.807) is 24.0 Å². The average molecular weight is 491 g/mol. The summed E-state index contributed by atoms with van der Waals surface area (Å²) in [6, 6.07) is 12.1. The van der Waals surface area contributed by atoms with Gasteiger partial charge in [0.2, 0.25) is 15.9 Å². The van der Waals surface area contributed by atoms with Gasteiger partial charge in [-0.1, -0.05) is 17.3 Å². The summed E-state index contributed by atoms with van der Waals surface area (Å²) < 4.78 is 45.6. The first-order chi connectivity index (χ1) is 15.8. The molecule has 0 aliphatic carbocycles. The first kappa shape index (κ1) is 23.4. The highest BCUT2D eigenvalue weighted by molar-refractivity contribution is 7.98. The van der Waals surface area contributed by atoms with Crippen molar-refractivity contribution in [3.63, 3.8) is 0 Å². The maximum absolute atomic E-state index is 13.3. The summed E-state index contributed by atoms with van der Waals surface area (Å²) in [5.41, 5.74) is 0.550. The van der Waals surface area contributed by atoms with Crippen LogP contribution in [0, 0.1) is 12.7 Å². The molecule has 0 N–H and O–H groups in total. The van der Waals surface area contributed by atoms with Crippen LogP contribution in [0.2, 0.25) is 0 Å². The van der Waals surface area contributed by atoms with Crippen LogP contribution in [-0.4, -0.2) is 59.8 Å². The maximum Gasteiger partial charge on any atom is 0.255 e. The number of aryl methyl sites for hydroxylation is 1. The quantitative estimate of drug-likeness (QED) is 0.489. The Labute approximate surface area is 195 Å². The molecule has 11 heteroatoms. The molecule has 0 saturated carbocycles. The Morgan fingerprint density at radius 1 is 1.09 bits per heavy atom. The predicted molar refractivity (Wildman–Crippen MR) is 121 cm³/mol. The number of carbonyl (C=O) groups excluding carboxylic acids is 1. The standard InChI is InChI=1S/C22H23FN4O4S2/c1-16-24-21(31-25-16)15-32-20-6-3-2-5-19(20)22(28)26-11-4-12-27(14-13-26)33(29,30)18-9-7-17(23)8-10-18/h2-3,5-10H,4,11-15H2,1H3. The summed E-state index contributed by atoms with van der Waals surface area (Å²) in [5, 5.41) is 3.78. The fourth-order valence-electron chi connectivity index (χ4n) is 3.57. The second kappa shape index (κ2) is 10.0. The minimum absolute atomic E-state index is 0.0432. The van der Waals surface area contributed by atoms with Crippen molar-refractivity contribution < 1.29 is 22.1 Å². The normalized spacial score (nSPS) is 15.4. The molecular formula is C22H23FN4O4S2. The van der Waals surface area contributed by atoms with Gasteiger partial charge in [0, 0.05) is 31.1 Å². The number of benzene rings is 2. The van der Waals surface area contributed by atoms with Crippen molar-refractivity contribution in [1.82, 2.24) is 19.3 Å². The van der Waals surface area contributed by atoms with E-state index in [-0.39, 0.29) is 30.4 Å². The lowest BCUT2D eigenvalue weighted by molar-refractivity contribution is 0.0760. The largest absolute Gasteiger partial charge is 0.338 e. The molecule has 0 radical (unpaired) electrons. The van der Waals surface area contributed by atoms with E-state index in [9.17, 15) is 17.6 Å². The molecule has 0 atom stereocenters. The number of thioether (sulfide) groups is 1. The molecule has 1 aliphatic heterocycles. The van der Waals surface area contributed by atoms with Gasteiger partial charge in [-0.25, -0.2) is 12.8 Å². The Morgan fingerprint density at radius 2 is 1.85 bits per heavy atom. The molecule has 1 aromatic heterocycles. The topological polar surface area (TPSA) is 96.6 Å².